The lowest BCUT2D eigenvalue weighted by Gasteiger charge is -2.31. The van der Waals surface area contributed by atoms with Gasteiger partial charge >= 0.3 is 0 Å². The summed E-state index contributed by atoms with van der Waals surface area (Å²) in [5.41, 5.74) is 1.14. The van der Waals surface area contributed by atoms with Gasteiger partial charge in [-0.05, 0) is 65.9 Å². The first kappa shape index (κ1) is 27.2. The molecule has 0 radical (unpaired) electrons. The summed E-state index contributed by atoms with van der Waals surface area (Å²) in [5, 5.41) is 25.0. The highest BCUT2D eigenvalue weighted by atomic mass is 35.5. The molecule has 1 atom stereocenters. The van der Waals surface area contributed by atoms with E-state index in [2.05, 4.69) is 34.6 Å². The molecule has 3 rings (SSSR count). The Kier molecular flexibility index (Phi) is 9.89. The van der Waals surface area contributed by atoms with E-state index in [-0.39, 0.29) is 43.7 Å². The highest BCUT2D eigenvalue weighted by Gasteiger charge is 2.31. The van der Waals surface area contributed by atoms with Crippen molar-refractivity contribution in [3.8, 4) is 11.4 Å². The minimum absolute atomic E-state index is 0.139. The maximum absolute atomic E-state index is 13.4. The molecule has 2 aromatic carbocycles. The number of rotatable bonds is 12. The van der Waals surface area contributed by atoms with Crippen LogP contribution in [-0.4, -0.2) is 61.7 Å². The van der Waals surface area contributed by atoms with Crippen LogP contribution in [-0.2, 0) is 16.1 Å². The third kappa shape index (κ3) is 7.56. The lowest BCUT2D eigenvalue weighted by molar-refractivity contribution is -0.142. The molecule has 0 fully saturated rings. The molecule has 0 saturated heterocycles. The van der Waals surface area contributed by atoms with E-state index in [9.17, 15) is 19.1 Å². The number of nitrogens with zero attached hydrogens (tertiary/aromatic N) is 5. The van der Waals surface area contributed by atoms with Gasteiger partial charge in [-0.3, -0.25) is 9.59 Å². The summed E-state index contributed by atoms with van der Waals surface area (Å²) in [7, 11) is 0. The molecule has 0 saturated carbocycles. The summed E-state index contributed by atoms with van der Waals surface area (Å²) < 4.78 is 13.2. The van der Waals surface area contributed by atoms with Gasteiger partial charge in [-0.15, -0.1) is 10.2 Å². The Morgan fingerprint density at radius 1 is 1.14 bits per heavy atom. The number of aliphatic hydroxyl groups is 1. The first-order valence-electron chi connectivity index (χ1n) is 11.8. The van der Waals surface area contributed by atoms with Crippen LogP contribution < -0.4 is 5.32 Å². The molecule has 1 unspecified atom stereocenters. The fourth-order valence-corrected chi connectivity index (χ4v) is 3.70. The van der Waals surface area contributed by atoms with Crippen LogP contribution in [0, 0.1) is 11.7 Å². The van der Waals surface area contributed by atoms with E-state index in [1.807, 2.05) is 0 Å². The summed E-state index contributed by atoms with van der Waals surface area (Å²) in [4.78, 5) is 29.3. The first-order chi connectivity index (χ1) is 17.3. The third-order valence-electron chi connectivity index (χ3n) is 5.48. The van der Waals surface area contributed by atoms with Gasteiger partial charge < -0.3 is 15.3 Å². The Morgan fingerprint density at radius 2 is 1.83 bits per heavy atom. The number of aliphatic hydroxyl groups excluding tert-OH is 1. The molecule has 1 aromatic heterocycles. The zero-order chi connectivity index (χ0) is 26.1. The summed E-state index contributed by atoms with van der Waals surface area (Å²) in [6.07, 6.45) is 1.07. The Balaban J connectivity index is 1.85. The Hall–Kier alpha value is -3.37. The van der Waals surface area contributed by atoms with Crippen molar-refractivity contribution in [3.63, 3.8) is 0 Å². The van der Waals surface area contributed by atoms with Gasteiger partial charge in [0.25, 0.3) is 0 Å². The van der Waals surface area contributed by atoms with Crippen molar-refractivity contribution in [1.29, 1.82) is 0 Å². The standard InChI is InChI=1S/C25H30ClFN6O3/c1-17(2)12-13-28-25(36)23(18-4-8-20(26)9-5-18)32(14-3-15-34)22(35)16-33-30-24(29-31-33)19-6-10-21(27)11-7-19/h4-11,17,23,34H,3,12-16H2,1-2H3,(H,28,36). The monoisotopic (exact) mass is 516 g/mol. The molecule has 0 aliphatic carbocycles. The maximum Gasteiger partial charge on any atom is 0.247 e. The van der Waals surface area contributed by atoms with E-state index >= 15 is 0 Å². The van der Waals surface area contributed by atoms with Gasteiger partial charge in [0.15, 0.2) is 0 Å². The average Bonchev–Trinajstić information content (AvgIpc) is 3.31. The minimum atomic E-state index is -0.937. The molecule has 1 heterocycles. The molecule has 0 spiro atoms. The molecule has 11 heteroatoms. The Morgan fingerprint density at radius 3 is 2.47 bits per heavy atom. The van der Waals surface area contributed by atoms with Crippen LogP contribution >= 0.6 is 11.6 Å². The number of aromatic nitrogens is 4. The number of hydrogen-bond acceptors (Lipinski definition) is 6. The third-order valence-corrected chi connectivity index (χ3v) is 5.73. The number of hydrogen-bond donors (Lipinski definition) is 2. The van der Waals surface area contributed by atoms with Crippen molar-refractivity contribution in [3.05, 3.63) is 64.9 Å². The number of carbonyl (C=O) groups is 2. The predicted octanol–water partition coefficient (Wildman–Crippen LogP) is 3.25. The number of nitrogens with one attached hydrogen (secondary N) is 1. The highest BCUT2D eigenvalue weighted by Crippen LogP contribution is 2.24. The van der Waals surface area contributed by atoms with Gasteiger partial charge in [0, 0.05) is 30.3 Å². The van der Waals surface area contributed by atoms with Crippen molar-refractivity contribution in [2.45, 2.75) is 39.3 Å². The second-order valence-corrected chi connectivity index (χ2v) is 9.18. The lowest BCUT2D eigenvalue weighted by Crippen LogP contribution is -2.46. The van der Waals surface area contributed by atoms with E-state index in [1.165, 1.54) is 29.2 Å². The Labute approximate surface area is 214 Å². The number of halogens is 2. The lowest BCUT2D eigenvalue weighted by atomic mass is 10.0. The molecule has 2 amide bonds. The van der Waals surface area contributed by atoms with Gasteiger partial charge in [0.05, 0.1) is 0 Å². The van der Waals surface area contributed by atoms with Gasteiger partial charge in [0.2, 0.25) is 17.6 Å². The van der Waals surface area contributed by atoms with E-state index in [0.29, 0.717) is 28.6 Å². The molecular formula is C25H30ClFN6O3. The van der Waals surface area contributed by atoms with Crippen LogP contribution in [0.1, 0.15) is 38.3 Å². The fourth-order valence-electron chi connectivity index (χ4n) is 3.57. The topological polar surface area (TPSA) is 113 Å². The maximum atomic E-state index is 13.4. The average molecular weight is 517 g/mol. The summed E-state index contributed by atoms with van der Waals surface area (Å²) in [6.45, 7) is 4.30. The van der Waals surface area contributed by atoms with Crippen molar-refractivity contribution < 1.29 is 19.1 Å². The number of benzene rings is 2. The van der Waals surface area contributed by atoms with E-state index < -0.39 is 11.9 Å². The molecule has 36 heavy (non-hydrogen) atoms. The smallest absolute Gasteiger partial charge is 0.247 e. The summed E-state index contributed by atoms with van der Waals surface area (Å²) >= 11 is 6.05. The zero-order valence-corrected chi connectivity index (χ0v) is 21.0. The fraction of sp³-hybridized carbons (Fsp3) is 0.400. The van der Waals surface area contributed by atoms with Crippen molar-refractivity contribution in [2.75, 3.05) is 19.7 Å². The van der Waals surface area contributed by atoms with E-state index in [0.717, 1.165) is 11.2 Å². The number of carbonyl (C=O) groups excluding carboxylic acids is 2. The van der Waals surface area contributed by atoms with Crippen LogP contribution in [0.4, 0.5) is 4.39 Å². The van der Waals surface area contributed by atoms with Gasteiger partial charge in [-0.2, -0.15) is 4.80 Å². The zero-order valence-electron chi connectivity index (χ0n) is 20.3. The molecule has 0 aliphatic heterocycles. The van der Waals surface area contributed by atoms with Crippen molar-refractivity contribution in [2.24, 2.45) is 5.92 Å². The molecule has 2 N–H and O–H groups in total. The van der Waals surface area contributed by atoms with Crippen LogP contribution in [0.25, 0.3) is 11.4 Å². The molecule has 0 bridgehead atoms. The largest absolute Gasteiger partial charge is 0.396 e. The Bertz CT molecular complexity index is 1140. The minimum Gasteiger partial charge on any atom is -0.396 e. The number of tetrazole rings is 1. The van der Waals surface area contributed by atoms with Crippen LogP contribution in [0.3, 0.4) is 0 Å². The van der Waals surface area contributed by atoms with Crippen LogP contribution in [0.15, 0.2) is 48.5 Å². The predicted molar refractivity (Wildman–Crippen MR) is 133 cm³/mol. The number of amides is 2. The van der Waals surface area contributed by atoms with E-state index in [1.54, 1.807) is 24.3 Å². The molecular weight excluding hydrogens is 487 g/mol. The van der Waals surface area contributed by atoms with Crippen molar-refractivity contribution in [1.82, 2.24) is 30.4 Å². The second-order valence-electron chi connectivity index (χ2n) is 8.74. The summed E-state index contributed by atoms with van der Waals surface area (Å²) in [6, 6.07) is 11.4. The van der Waals surface area contributed by atoms with Gasteiger partial charge in [-0.25, -0.2) is 4.39 Å². The normalized spacial score (nSPS) is 11.9. The van der Waals surface area contributed by atoms with Crippen LogP contribution in [0.2, 0.25) is 5.02 Å². The van der Waals surface area contributed by atoms with Gasteiger partial charge in [-0.1, -0.05) is 37.6 Å². The molecule has 9 nitrogen and oxygen atoms in total. The molecule has 0 aliphatic rings. The second kappa shape index (κ2) is 13.1. The molecule has 192 valence electrons. The SMILES string of the molecule is CC(C)CCNC(=O)C(c1ccc(Cl)cc1)N(CCCO)C(=O)Cn1nnc(-c2ccc(F)cc2)n1. The highest BCUT2D eigenvalue weighted by molar-refractivity contribution is 6.30. The van der Waals surface area contributed by atoms with Gasteiger partial charge in [0.1, 0.15) is 18.4 Å². The van der Waals surface area contributed by atoms with E-state index in [4.69, 9.17) is 11.6 Å². The summed E-state index contributed by atoms with van der Waals surface area (Å²) in [5.74, 6) is -0.500. The first-order valence-corrected chi connectivity index (χ1v) is 12.1. The van der Waals surface area contributed by atoms with Crippen molar-refractivity contribution >= 4 is 23.4 Å². The quantitative estimate of drug-likeness (QED) is 0.382. The molecule has 3 aromatic rings. The van der Waals surface area contributed by atoms with Crippen LogP contribution in [0.5, 0.6) is 0 Å².